The van der Waals surface area contributed by atoms with Crippen LogP contribution in [0.5, 0.6) is 0 Å². The molecule has 0 fully saturated rings. The molecule has 0 saturated carbocycles. The van der Waals surface area contributed by atoms with Crippen LogP contribution in [-0.4, -0.2) is 53.7 Å². The predicted molar refractivity (Wildman–Crippen MR) is 80.0 cm³/mol. The molecule has 0 spiro atoms. The molecular weight excluding hydrogens is 437 g/mol. The van der Waals surface area contributed by atoms with E-state index in [4.69, 9.17) is 10.2 Å². The zero-order valence-corrected chi connectivity index (χ0v) is 15.1. The molecule has 98 valence electrons. The first-order chi connectivity index (χ1) is 9.30. The minimum atomic E-state index is 0.193. The summed E-state index contributed by atoms with van der Waals surface area (Å²) >= 11 is 1.02. The molecule has 2 N–H and O–H groups in total. The molecule has 0 amide bonds. The van der Waals surface area contributed by atoms with E-state index in [-0.39, 0.29) is 13.2 Å². The Labute approximate surface area is 129 Å². The topological polar surface area (TPSA) is 40.5 Å². The Bertz CT molecular complexity index is 621. The van der Waals surface area contributed by atoms with Crippen molar-refractivity contribution in [3.05, 3.63) is 45.3 Å². The van der Waals surface area contributed by atoms with Gasteiger partial charge in [-0.05, 0) is 0 Å². The van der Waals surface area contributed by atoms with Crippen LogP contribution in [0.2, 0.25) is 0 Å². The van der Waals surface area contributed by atoms with Crippen LogP contribution in [0.25, 0.3) is 17.7 Å². The number of aliphatic hydroxyl groups excluding tert-OH is 2. The van der Waals surface area contributed by atoms with Crippen molar-refractivity contribution in [3.8, 4) is 17.7 Å². The van der Waals surface area contributed by atoms with Crippen LogP contribution in [0.15, 0.2) is 36.4 Å². The predicted octanol–water partition coefficient (Wildman–Crippen LogP) is 1.18. The van der Waals surface area contributed by atoms with E-state index in [9.17, 15) is 0 Å². The fourth-order valence-corrected chi connectivity index (χ4v) is 8.69. The van der Waals surface area contributed by atoms with Crippen LogP contribution in [0.1, 0.15) is 8.87 Å². The normalized spacial score (nSPS) is 11.1. The van der Waals surface area contributed by atoms with Crippen molar-refractivity contribution < 1.29 is 10.2 Å². The van der Waals surface area contributed by atoms with Gasteiger partial charge in [-0.3, -0.25) is 0 Å². The van der Waals surface area contributed by atoms with Crippen molar-refractivity contribution in [1.29, 1.82) is 0 Å². The van der Waals surface area contributed by atoms with Gasteiger partial charge in [0.05, 0.1) is 0 Å². The van der Waals surface area contributed by atoms with Crippen LogP contribution in [0.3, 0.4) is 0 Å². The van der Waals surface area contributed by atoms with Gasteiger partial charge in [-0.2, -0.15) is 0 Å². The third-order valence-corrected chi connectivity index (χ3v) is 11.1. The molecule has 0 aliphatic carbocycles. The summed E-state index contributed by atoms with van der Waals surface area (Å²) in [7, 11) is 0. The van der Waals surface area contributed by atoms with Crippen molar-refractivity contribution in [2.45, 2.75) is 13.2 Å². The summed E-state index contributed by atoms with van der Waals surface area (Å²) in [6, 6.07) is 12.9. The molecule has 3 rings (SSSR count). The molecule has 0 aliphatic heterocycles. The Balaban J connectivity index is 1.90. The van der Waals surface area contributed by atoms with Gasteiger partial charge in [-0.15, -0.1) is 0 Å². The fourth-order valence-electron chi connectivity index (χ4n) is 1.79. The van der Waals surface area contributed by atoms with Crippen LogP contribution in [0, 0.1) is 0 Å². The summed E-state index contributed by atoms with van der Waals surface area (Å²) in [5.74, 6) is 0. The number of hydrogen-bond donors (Lipinski definition) is 2. The van der Waals surface area contributed by atoms with Gasteiger partial charge in [0.25, 0.3) is 0 Å². The molecule has 0 aromatic carbocycles. The number of rotatable bonds is 4. The molecule has 0 bridgehead atoms. The van der Waals surface area contributed by atoms with Crippen LogP contribution in [0.4, 0.5) is 0 Å². The fraction of sp³-hybridized carbons (Fsp3) is 0.143. The summed E-state index contributed by atoms with van der Waals surface area (Å²) in [4.78, 5) is 0. The monoisotopic (exact) mass is 452 g/mol. The molecule has 0 radical (unpaired) electrons. The third kappa shape index (κ3) is 3.00. The van der Waals surface area contributed by atoms with Gasteiger partial charge in [-0.25, -0.2) is 0 Å². The Kier molecular flexibility index (Phi) is 4.48. The maximum absolute atomic E-state index is 9.16. The van der Waals surface area contributed by atoms with E-state index in [1.807, 2.05) is 0 Å². The van der Waals surface area contributed by atoms with Gasteiger partial charge in [0, 0.05) is 0 Å². The molecule has 5 heteroatoms. The zero-order valence-electron chi connectivity index (χ0n) is 10.00. The molecule has 19 heavy (non-hydrogen) atoms. The van der Waals surface area contributed by atoms with E-state index >= 15 is 0 Å². The van der Waals surface area contributed by atoms with Gasteiger partial charge >= 0.3 is 130 Å². The SMILES string of the molecule is OCc1ccc(-c2ccc(-c3ccc(CO)[se]3)[se]2)[se]1. The summed E-state index contributed by atoms with van der Waals surface area (Å²) < 4.78 is 8.09. The summed E-state index contributed by atoms with van der Waals surface area (Å²) in [5, 5.41) is 18.3. The second kappa shape index (κ2) is 6.13. The Hall–Kier alpha value is -0.0816. The summed E-state index contributed by atoms with van der Waals surface area (Å²) in [6.45, 7) is 0.386. The van der Waals surface area contributed by atoms with Crippen molar-refractivity contribution in [2.75, 3.05) is 0 Å². The molecule has 0 atom stereocenters. The molecule has 3 aromatic heterocycles. The zero-order chi connectivity index (χ0) is 13.2. The van der Waals surface area contributed by atoms with E-state index in [2.05, 4.69) is 36.4 Å². The quantitative estimate of drug-likeness (QED) is 0.588. The molecule has 3 heterocycles. The average Bonchev–Trinajstić information content (AvgIpc) is 3.16. The van der Waals surface area contributed by atoms with E-state index in [0.29, 0.717) is 43.5 Å². The molecule has 2 nitrogen and oxygen atoms in total. The van der Waals surface area contributed by atoms with Gasteiger partial charge in [0.1, 0.15) is 0 Å². The maximum atomic E-state index is 9.16. The minimum absolute atomic E-state index is 0.193. The van der Waals surface area contributed by atoms with Crippen molar-refractivity contribution in [3.63, 3.8) is 0 Å². The van der Waals surface area contributed by atoms with Crippen LogP contribution >= 0.6 is 0 Å². The first kappa shape index (κ1) is 13.9. The third-order valence-electron chi connectivity index (χ3n) is 2.73. The Morgan fingerprint density at radius 1 is 0.579 bits per heavy atom. The van der Waals surface area contributed by atoms with Gasteiger partial charge in [-0.1, -0.05) is 0 Å². The number of aliphatic hydroxyl groups is 2. The second-order valence-corrected chi connectivity index (χ2v) is 11.2. The van der Waals surface area contributed by atoms with E-state index in [0.717, 1.165) is 0 Å². The Morgan fingerprint density at radius 3 is 1.32 bits per heavy atom. The van der Waals surface area contributed by atoms with Gasteiger partial charge in [0.2, 0.25) is 0 Å². The van der Waals surface area contributed by atoms with Gasteiger partial charge in [0.15, 0.2) is 0 Å². The van der Waals surface area contributed by atoms with Crippen molar-refractivity contribution >= 4 is 43.5 Å². The Morgan fingerprint density at radius 2 is 0.947 bits per heavy atom. The van der Waals surface area contributed by atoms with E-state index < -0.39 is 0 Å². The molecule has 3 aromatic rings. The molecule has 0 saturated heterocycles. The van der Waals surface area contributed by atoms with Crippen molar-refractivity contribution in [1.82, 2.24) is 0 Å². The molecular formula is C14H12O2Se3. The van der Waals surface area contributed by atoms with Crippen molar-refractivity contribution in [2.24, 2.45) is 0 Å². The standard InChI is InChI=1S/C14H12O2Se3/c15-7-9-1-3-11(17-9)13-5-6-14(19-13)12-4-2-10(8-16)18-12/h1-6,15-16H,7-8H2. The van der Waals surface area contributed by atoms with E-state index in [1.54, 1.807) is 0 Å². The van der Waals surface area contributed by atoms with Crippen LogP contribution in [-0.2, 0) is 13.2 Å². The number of hydrogen-bond acceptors (Lipinski definition) is 2. The second-order valence-electron chi connectivity index (χ2n) is 4.01. The molecule has 0 unspecified atom stereocenters. The first-order valence-corrected chi connectivity index (χ1v) is 10.9. The first-order valence-electron chi connectivity index (χ1n) is 5.80. The van der Waals surface area contributed by atoms with Gasteiger partial charge < -0.3 is 0 Å². The van der Waals surface area contributed by atoms with E-state index in [1.165, 1.54) is 26.6 Å². The summed E-state index contributed by atoms with van der Waals surface area (Å²) in [6.07, 6.45) is 0. The average molecular weight is 449 g/mol. The van der Waals surface area contributed by atoms with Crippen LogP contribution < -0.4 is 0 Å². The molecule has 0 aliphatic rings. The summed E-state index contributed by atoms with van der Waals surface area (Å²) in [5.41, 5.74) is 0.